The number of carbonyl (C=O) groups is 1. The molecule has 0 unspecified atom stereocenters. The van der Waals surface area contributed by atoms with Crippen molar-refractivity contribution in [1.29, 1.82) is 5.41 Å². The maximum absolute atomic E-state index is 12.6. The highest BCUT2D eigenvalue weighted by molar-refractivity contribution is 8.19. The number of nitrogens with zero attached hydrogens (tertiary/aromatic N) is 2. The van der Waals surface area contributed by atoms with Crippen LogP contribution in [0.5, 0.6) is 0 Å². The molecule has 26 heavy (non-hydrogen) atoms. The Balaban J connectivity index is 1.62. The van der Waals surface area contributed by atoms with Crippen molar-refractivity contribution in [3.05, 3.63) is 62.6 Å². The van der Waals surface area contributed by atoms with Crippen molar-refractivity contribution in [2.24, 2.45) is 0 Å². The molecule has 1 aromatic carbocycles. The number of amides is 1. The van der Waals surface area contributed by atoms with Gasteiger partial charge >= 0.3 is 0 Å². The summed E-state index contributed by atoms with van der Waals surface area (Å²) in [4.78, 5) is 18.3. The van der Waals surface area contributed by atoms with Gasteiger partial charge in [-0.05, 0) is 42.1 Å². The van der Waals surface area contributed by atoms with Gasteiger partial charge in [0, 0.05) is 33.3 Å². The van der Waals surface area contributed by atoms with Crippen LogP contribution >= 0.6 is 46.3 Å². The topological polar surface area (TPSA) is 70.2 Å². The molecule has 130 valence electrons. The third-order valence-corrected chi connectivity index (χ3v) is 5.56. The van der Waals surface area contributed by atoms with Crippen LogP contribution in [0.25, 0.3) is 17.4 Å². The van der Waals surface area contributed by atoms with E-state index in [9.17, 15) is 4.79 Å². The van der Waals surface area contributed by atoms with Crippen LogP contribution in [0.4, 0.5) is 5.13 Å². The van der Waals surface area contributed by atoms with Crippen molar-refractivity contribution in [3.8, 4) is 11.3 Å². The standard InChI is InChI=1S/C17H9Cl2N3O2S2/c18-10-5-9(6-11(19)7-10)13-2-1-12(24-13)8-14-15(23)22(16(20)26-14)17-21-3-4-25-17/h1-8,20H. The Labute approximate surface area is 166 Å². The highest BCUT2D eigenvalue weighted by Gasteiger charge is 2.35. The maximum atomic E-state index is 12.6. The molecule has 0 atom stereocenters. The zero-order valence-corrected chi connectivity index (χ0v) is 16.0. The largest absolute Gasteiger partial charge is 0.457 e. The molecule has 3 aromatic rings. The first-order valence-electron chi connectivity index (χ1n) is 7.29. The summed E-state index contributed by atoms with van der Waals surface area (Å²) >= 11 is 14.4. The maximum Gasteiger partial charge on any atom is 0.273 e. The average Bonchev–Trinajstić information content (AvgIpc) is 3.29. The van der Waals surface area contributed by atoms with Gasteiger partial charge in [0.15, 0.2) is 10.3 Å². The van der Waals surface area contributed by atoms with E-state index in [0.717, 1.165) is 17.3 Å². The number of carbonyl (C=O) groups excluding carboxylic acids is 1. The first-order valence-corrected chi connectivity index (χ1v) is 9.75. The molecule has 0 saturated carbocycles. The summed E-state index contributed by atoms with van der Waals surface area (Å²) in [5, 5.41) is 11.4. The SMILES string of the molecule is N=C1SC(=Cc2ccc(-c3cc(Cl)cc(Cl)c3)o2)C(=O)N1c1nccs1. The van der Waals surface area contributed by atoms with Crippen LogP contribution in [-0.4, -0.2) is 16.1 Å². The summed E-state index contributed by atoms with van der Waals surface area (Å²) in [6, 6.07) is 8.67. The smallest absolute Gasteiger partial charge is 0.273 e. The van der Waals surface area contributed by atoms with E-state index in [1.165, 1.54) is 16.2 Å². The molecule has 5 nitrogen and oxygen atoms in total. The lowest BCUT2D eigenvalue weighted by molar-refractivity contribution is -0.113. The molecule has 4 rings (SSSR count). The number of amidine groups is 1. The normalized spacial score (nSPS) is 16.1. The molecule has 0 aliphatic carbocycles. The predicted octanol–water partition coefficient (Wildman–Crippen LogP) is 5.77. The summed E-state index contributed by atoms with van der Waals surface area (Å²) in [6.07, 6.45) is 3.21. The minimum absolute atomic E-state index is 0.115. The number of thioether (sulfide) groups is 1. The van der Waals surface area contributed by atoms with Crippen LogP contribution in [0.2, 0.25) is 10.0 Å². The Hall–Kier alpha value is -2.06. The van der Waals surface area contributed by atoms with Crippen LogP contribution in [0.15, 0.2) is 51.2 Å². The summed E-state index contributed by atoms with van der Waals surface area (Å²) < 4.78 is 5.79. The number of halogens is 2. The van der Waals surface area contributed by atoms with Crippen molar-refractivity contribution in [1.82, 2.24) is 4.98 Å². The van der Waals surface area contributed by atoms with Crippen molar-refractivity contribution in [2.75, 3.05) is 4.90 Å². The number of hydrogen-bond donors (Lipinski definition) is 1. The van der Waals surface area contributed by atoms with Gasteiger partial charge in [0.2, 0.25) is 0 Å². The van der Waals surface area contributed by atoms with E-state index in [-0.39, 0.29) is 11.1 Å². The van der Waals surface area contributed by atoms with Crippen molar-refractivity contribution in [2.45, 2.75) is 0 Å². The Morgan fingerprint density at radius 1 is 1.19 bits per heavy atom. The zero-order chi connectivity index (χ0) is 18.3. The average molecular weight is 422 g/mol. The van der Waals surface area contributed by atoms with Crippen LogP contribution in [0, 0.1) is 5.41 Å². The molecule has 0 radical (unpaired) electrons. The number of rotatable bonds is 3. The third-order valence-electron chi connectivity index (χ3n) is 3.48. The molecule has 2 aromatic heterocycles. The third kappa shape index (κ3) is 3.31. The number of nitrogens with one attached hydrogen (secondary N) is 1. The molecule has 1 aliphatic rings. The van der Waals surface area contributed by atoms with Gasteiger partial charge in [0.1, 0.15) is 11.5 Å². The van der Waals surface area contributed by atoms with Crippen LogP contribution in [0.1, 0.15) is 5.76 Å². The van der Waals surface area contributed by atoms with Crippen molar-refractivity contribution >= 4 is 68.6 Å². The number of aromatic nitrogens is 1. The summed E-state index contributed by atoms with van der Waals surface area (Å²) in [6.45, 7) is 0. The number of benzene rings is 1. The monoisotopic (exact) mass is 421 g/mol. The first-order chi connectivity index (χ1) is 12.5. The molecule has 9 heteroatoms. The van der Waals surface area contributed by atoms with E-state index in [2.05, 4.69) is 4.98 Å². The van der Waals surface area contributed by atoms with E-state index in [1.807, 2.05) is 0 Å². The van der Waals surface area contributed by atoms with Crippen LogP contribution < -0.4 is 4.90 Å². The van der Waals surface area contributed by atoms with Gasteiger partial charge in [-0.25, -0.2) is 9.88 Å². The molecule has 1 saturated heterocycles. The van der Waals surface area contributed by atoms with E-state index in [0.29, 0.717) is 31.6 Å². The summed E-state index contributed by atoms with van der Waals surface area (Å²) in [5.41, 5.74) is 0.745. The van der Waals surface area contributed by atoms with E-state index in [4.69, 9.17) is 33.0 Å². The Morgan fingerprint density at radius 2 is 1.96 bits per heavy atom. The van der Waals surface area contributed by atoms with Gasteiger partial charge in [0.25, 0.3) is 5.91 Å². The molecular weight excluding hydrogens is 413 g/mol. The predicted molar refractivity (Wildman–Crippen MR) is 107 cm³/mol. The fourth-order valence-corrected chi connectivity index (χ4v) is 4.45. The number of hydrogen-bond acceptors (Lipinski definition) is 6. The molecular formula is C17H9Cl2N3O2S2. The molecule has 0 spiro atoms. The number of furan rings is 1. The first kappa shape index (κ1) is 17.4. The molecule has 1 amide bonds. The molecule has 1 fully saturated rings. The van der Waals surface area contributed by atoms with Gasteiger partial charge in [-0.2, -0.15) is 0 Å². The molecule has 0 bridgehead atoms. The van der Waals surface area contributed by atoms with Crippen LogP contribution in [0.3, 0.4) is 0 Å². The summed E-state index contributed by atoms with van der Waals surface area (Å²) in [7, 11) is 0. The number of anilines is 1. The van der Waals surface area contributed by atoms with E-state index >= 15 is 0 Å². The lowest BCUT2D eigenvalue weighted by atomic mass is 10.2. The fourth-order valence-electron chi connectivity index (χ4n) is 2.40. The summed E-state index contributed by atoms with van der Waals surface area (Å²) in [5.74, 6) is 0.794. The lowest BCUT2D eigenvalue weighted by Crippen LogP contribution is -2.27. The zero-order valence-electron chi connectivity index (χ0n) is 12.9. The second-order valence-electron chi connectivity index (χ2n) is 5.23. The second-order valence-corrected chi connectivity index (χ2v) is 8.01. The Morgan fingerprint density at radius 3 is 2.65 bits per heavy atom. The van der Waals surface area contributed by atoms with Gasteiger partial charge in [0.05, 0.1) is 4.91 Å². The fraction of sp³-hybridized carbons (Fsp3) is 0. The van der Waals surface area contributed by atoms with Gasteiger partial charge in [-0.15, -0.1) is 11.3 Å². The molecule has 1 aliphatic heterocycles. The lowest BCUT2D eigenvalue weighted by Gasteiger charge is -2.08. The minimum atomic E-state index is -0.293. The van der Waals surface area contributed by atoms with Gasteiger partial charge in [-0.1, -0.05) is 23.2 Å². The van der Waals surface area contributed by atoms with Crippen LogP contribution in [-0.2, 0) is 4.79 Å². The van der Waals surface area contributed by atoms with Gasteiger partial charge < -0.3 is 4.42 Å². The Bertz CT molecular complexity index is 1020. The minimum Gasteiger partial charge on any atom is -0.457 e. The van der Waals surface area contributed by atoms with Gasteiger partial charge in [-0.3, -0.25) is 10.2 Å². The quantitative estimate of drug-likeness (QED) is 0.545. The molecule has 3 heterocycles. The number of thiazole rings is 1. The highest BCUT2D eigenvalue weighted by Crippen LogP contribution is 2.36. The molecule has 1 N–H and O–H groups in total. The van der Waals surface area contributed by atoms with E-state index in [1.54, 1.807) is 48.0 Å². The van der Waals surface area contributed by atoms with Crippen molar-refractivity contribution < 1.29 is 9.21 Å². The highest BCUT2D eigenvalue weighted by atomic mass is 35.5. The van der Waals surface area contributed by atoms with Crippen molar-refractivity contribution in [3.63, 3.8) is 0 Å². The van der Waals surface area contributed by atoms with E-state index < -0.39 is 0 Å². The second kappa shape index (κ2) is 6.92. The Kier molecular flexibility index (Phi) is 4.62.